The van der Waals surface area contributed by atoms with Crippen molar-refractivity contribution in [2.45, 2.75) is 13.1 Å². The molecule has 118 valence electrons. The SMILES string of the molecule is CCOC(=O)c1cnn(-c2ncc(C(F)(F)F)cc2Cl)c1N. The average Bonchev–Trinajstić information content (AvgIpc) is 2.80. The number of halogens is 4. The summed E-state index contributed by atoms with van der Waals surface area (Å²) in [7, 11) is 0. The van der Waals surface area contributed by atoms with Gasteiger partial charge in [0.05, 0.1) is 23.4 Å². The molecule has 2 aromatic rings. The summed E-state index contributed by atoms with van der Waals surface area (Å²) in [5.41, 5.74) is 4.71. The summed E-state index contributed by atoms with van der Waals surface area (Å²) in [4.78, 5) is 15.2. The van der Waals surface area contributed by atoms with Crippen LogP contribution in [0.5, 0.6) is 0 Å². The van der Waals surface area contributed by atoms with E-state index in [1.54, 1.807) is 6.92 Å². The van der Waals surface area contributed by atoms with E-state index in [4.69, 9.17) is 22.1 Å². The number of carbonyl (C=O) groups excluding carboxylic acids is 1. The predicted octanol–water partition coefficient (Wildman–Crippen LogP) is 2.70. The molecule has 0 aromatic carbocycles. The first kappa shape index (κ1) is 16.1. The van der Waals surface area contributed by atoms with Crippen LogP contribution in [0.4, 0.5) is 19.0 Å². The number of alkyl halides is 3. The highest BCUT2D eigenvalue weighted by Gasteiger charge is 2.32. The molecule has 0 saturated heterocycles. The first-order chi connectivity index (χ1) is 10.3. The molecular formula is C12H10ClF3N4O2. The third-order valence-corrected chi connectivity index (χ3v) is 2.93. The van der Waals surface area contributed by atoms with Gasteiger partial charge in [-0.1, -0.05) is 11.6 Å². The minimum Gasteiger partial charge on any atom is -0.462 e. The molecule has 2 aromatic heterocycles. The molecule has 2 N–H and O–H groups in total. The van der Waals surface area contributed by atoms with Gasteiger partial charge < -0.3 is 10.5 Å². The van der Waals surface area contributed by atoms with E-state index in [0.717, 1.165) is 10.9 Å². The van der Waals surface area contributed by atoms with E-state index in [1.807, 2.05) is 0 Å². The van der Waals surface area contributed by atoms with Gasteiger partial charge in [0, 0.05) is 6.20 Å². The molecule has 0 radical (unpaired) electrons. The van der Waals surface area contributed by atoms with E-state index in [2.05, 4.69) is 10.1 Å². The second kappa shape index (κ2) is 5.84. The lowest BCUT2D eigenvalue weighted by molar-refractivity contribution is -0.137. The number of carbonyl (C=O) groups is 1. The van der Waals surface area contributed by atoms with Crippen molar-refractivity contribution in [3.05, 3.63) is 34.6 Å². The molecule has 2 rings (SSSR count). The smallest absolute Gasteiger partial charge is 0.417 e. The standard InChI is InChI=1S/C12H10ClF3N4O2/c1-2-22-11(21)7-5-19-20(9(7)17)10-8(13)3-6(4-18-10)12(14,15)16/h3-5H,2,17H2,1H3. The van der Waals surface area contributed by atoms with Gasteiger partial charge in [0.1, 0.15) is 11.4 Å². The third kappa shape index (κ3) is 2.98. The van der Waals surface area contributed by atoms with Crippen LogP contribution in [-0.4, -0.2) is 27.3 Å². The molecular weight excluding hydrogens is 325 g/mol. The van der Waals surface area contributed by atoms with E-state index >= 15 is 0 Å². The van der Waals surface area contributed by atoms with Gasteiger partial charge in [-0.2, -0.15) is 23.0 Å². The molecule has 0 aliphatic carbocycles. The van der Waals surface area contributed by atoms with Crippen molar-refractivity contribution >= 4 is 23.4 Å². The zero-order chi connectivity index (χ0) is 16.5. The quantitative estimate of drug-likeness (QED) is 0.873. The van der Waals surface area contributed by atoms with Crippen molar-refractivity contribution < 1.29 is 22.7 Å². The first-order valence-electron chi connectivity index (χ1n) is 5.99. The normalized spacial score (nSPS) is 11.5. The fourth-order valence-electron chi connectivity index (χ4n) is 1.63. The van der Waals surface area contributed by atoms with Crippen molar-refractivity contribution in [2.24, 2.45) is 0 Å². The van der Waals surface area contributed by atoms with Crippen LogP contribution in [0.25, 0.3) is 5.82 Å². The van der Waals surface area contributed by atoms with Crippen molar-refractivity contribution in [3.8, 4) is 5.82 Å². The predicted molar refractivity (Wildman–Crippen MR) is 71.7 cm³/mol. The first-order valence-corrected chi connectivity index (χ1v) is 6.37. The number of nitrogens with two attached hydrogens (primary N) is 1. The van der Waals surface area contributed by atoms with Crippen LogP contribution < -0.4 is 5.73 Å². The Balaban J connectivity index is 2.43. The summed E-state index contributed by atoms with van der Waals surface area (Å²) in [5, 5.41) is 3.50. The molecule has 10 heteroatoms. The van der Waals surface area contributed by atoms with Crippen LogP contribution in [0, 0.1) is 0 Å². The lowest BCUT2D eigenvalue weighted by Gasteiger charge is -2.10. The van der Waals surface area contributed by atoms with Crippen molar-refractivity contribution in [2.75, 3.05) is 12.3 Å². The fourth-order valence-corrected chi connectivity index (χ4v) is 1.88. The number of ether oxygens (including phenoxy) is 1. The third-order valence-electron chi connectivity index (χ3n) is 2.65. The van der Waals surface area contributed by atoms with Crippen molar-refractivity contribution in [3.63, 3.8) is 0 Å². The minimum atomic E-state index is -4.57. The van der Waals surface area contributed by atoms with Gasteiger partial charge in [-0.3, -0.25) is 0 Å². The van der Waals surface area contributed by atoms with Gasteiger partial charge in [-0.15, -0.1) is 0 Å². The lowest BCUT2D eigenvalue weighted by Crippen LogP contribution is -2.11. The summed E-state index contributed by atoms with van der Waals surface area (Å²) >= 11 is 5.80. The Morgan fingerprint density at radius 1 is 1.45 bits per heavy atom. The number of anilines is 1. The molecule has 0 bridgehead atoms. The summed E-state index contributed by atoms with van der Waals surface area (Å²) in [6, 6.07) is 0.703. The van der Waals surface area contributed by atoms with Gasteiger partial charge in [0.25, 0.3) is 0 Å². The molecule has 0 amide bonds. The highest BCUT2D eigenvalue weighted by Crippen LogP contribution is 2.32. The molecule has 0 saturated carbocycles. The molecule has 0 atom stereocenters. The Hall–Kier alpha value is -2.29. The summed E-state index contributed by atoms with van der Waals surface area (Å²) in [6.07, 6.45) is -2.84. The van der Waals surface area contributed by atoms with Gasteiger partial charge in [-0.05, 0) is 13.0 Å². The molecule has 0 spiro atoms. The molecule has 0 unspecified atom stereocenters. The number of nitrogen functional groups attached to an aromatic ring is 1. The van der Waals surface area contributed by atoms with Gasteiger partial charge >= 0.3 is 12.1 Å². The molecule has 22 heavy (non-hydrogen) atoms. The van der Waals surface area contributed by atoms with Gasteiger partial charge in [0.2, 0.25) is 0 Å². The van der Waals surface area contributed by atoms with Crippen LogP contribution in [0.2, 0.25) is 5.02 Å². The Morgan fingerprint density at radius 3 is 2.68 bits per heavy atom. The molecule has 0 aliphatic heterocycles. The molecule has 6 nitrogen and oxygen atoms in total. The minimum absolute atomic E-state index is 0.0281. The fraction of sp³-hybridized carbons (Fsp3) is 0.250. The Kier molecular flexibility index (Phi) is 4.27. The molecule has 2 heterocycles. The second-order valence-corrected chi connectivity index (χ2v) is 4.51. The van der Waals surface area contributed by atoms with Crippen LogP contribution in [0.15, 0.2) is 18.5 Å². The van der Waals surface area contributed by atoms with Crippen molar-refractivity contribution in [1.82, 2.24) is 14.8 Å². The summed E-state index contributed by atoms with van der Waals surface area (Å²) in [6.45, 7) is 1.76. The number of esters is 1. The van der Waals surface area contributed by atoms with Crippen LogP contribution in [0.1, 0.15) is 22.8 Å². The maximum atomic E-state index is 12.6. The number of rotatable bonds is 3. The maximum Gasteiger partial charge on any atom is 0.417 e. The molecule has 0 aliphatic rings. The van der Waals surface area contributed by atoms with Gasteiger partial charge in [0.15, 0.2) is 5.82 Å². The van der Waals surface area contributed by atoms with Crippen LogP contribution >= 0.6 is 11.6 Å². The monoisotopic (exact) mass is 334 g/mol. The number of pyridine rings is 1. The van der Waals surface area contributed by atoms with E-state index in [-0.39, 0.29) is 28.8 Å². The molecule has 0 fully saturated rings. The number of hydrogen-bond acceptors (Lipinski definition) is 5. The zero-order valence-corrected chi connectivity index (χ0v) is 11.9. The topological polar surface area (TPSA) is 83.0 Å². The largest absolute Gasteiger partial charge is 0.462 e. The number of nitrogens with zero attached hydrogens (tertiary/aromatic N) is 3. The van der Waals surface area contributed by atoms with E-state index in [1.165, 1.54) is 0 Å². The number of aromatic nitrogens is 3. The summed E-state index contributed by atoms with van der Waals surface area (Å²) < 4.78 is 43.5. The maximum absolute atomic E-state index is 12.6. The Labute approximate surface area is 127 Å². The zero-order valence-electron chi connectivity index (χ0n) is 11.2. The highest BCUT2D eigenvalue weighted by molar-refractivity contribution is 6.32. The van der Waals surface area contributed by atoms with E-state index in [9.17, 15) is 18.0 Å². The Morgan fingerprint density at radius 2 is 2.14 bits per heavy atom. The lowest BCUT2D eigenvalue weighted by atomic mass is 10.2. The second-order valence-electron chi connectivity index (χ2n) is 4.10. The highest BCUT2D eigenvalue weighted by atomic mass is 35.5. The summed E-state index contributed by atoms with van der Waals surface area (Å²) in [5.74, 6) is -0.954. The van der Waals surface area contributed by atoms with E-state index < -0.39 is 17.7 Å². The number of hydrogen-bond donors (Lipinski definition) is 1. The van der Waals surface area contributed by atoms with E-state index in [0.29, 0.717) is 12.3 Å². The van der Waals surface area contributed by atoms with Crippen LogP contribution in [-0.2, 0) is 10.9 Å². The van der Waals surface area contributed by atoms with Crippen molar-refractivity contribution in [1.29, 1.82) is 0 Å². The average molecular weight is 335 g/mol. The Bertz CT molecular complexity index is 715. The van der Waals surface area contributed by atoms with Crippen LogP contribution in [0.3, 0.4) is 0 Å². The van der Waals surface area contributed by atoms with Gasteiger partial charge in [-0.25, -0.2) is 9.78 Å².